The Hall–Kier alpha value is -3.44. The number of aryl methyl sites for hydroxylation is 1. The molecular formula is C25H21N3OS. The lowest BCUT2D eigenvalue weighted by atomic mass is 10.0. The van der Waals surface area contributed by atoms with Crippen LogP contribution in [-0.4, -0.2) is 10.1 Å². The van der Waals surface area contributed by atoms with Crippen LogP contribution in [0.15, 0.2) is 95.5 Å². The van der Waals surface area contributed by atoms with E-state index in [2.05, 4.69) is 46.4 Å². The predicted molar refractivity (Wildman–Crippen MR) is 123 cm³/mol. The van der Waals surface area contributed by atoms with Crippen molar-refractivity contribution < 1.29 is 4.42 Å². The highest BCUT2D eigenvalue weighted by Crippen LogP contribution is 2.42. The van der Waals surface area contributed by atoms with E-state index < -0.39 is 0 Å². The zero-order valence-corrected chi connectivity index (χ0v) is 17.3. The Balaban J connectivity index is 1.60. The number of benzene rings is 2. The number of furan rings is 1. The van der Waals surface area contributed by atoms with Crippen LogP contribution in [0.1, 0.15) is 29.1 Å². The number of pyridine rings is 1. The Bertz CT molecular complexity index is 1160. The molecule has 0 spiro atoms. The van der Waals surface area contributed by atoms with Gasteiger partial charge in [0.05, 0.1) is 11.7 Å². The highest BCUT2D eigenvalue weighted by Gasteiger charge is 2.42. The first-order valence-electron chi connectivity index (χ1n) is 9.93. The van der Waals surface area contributed by atoms with Crippen LogP contribution in [0.5, 0.6) is 0 Å². The first kappa shape index (κ1) is 18.6. The number of rotatable bonds is 4. The summed E-state index contributed by atoms with van der Waals surface area (Å²) < 4.78 is 6.36. The maximum atomic E-state index is 6.36. The Morgan fingerprint density at radius 2 is 1.67 bits per heavy atom. The van der Waals surface area contributed by atoms with E-state index in [1.807, 2.05) is 66.9 Å². The summed E-state index contributed by atoms with van der Waals surface area (Å²) in [6.45, 7) is 2.08. The SMILES string of the molecule is Cc1ccc(N2C(=S)N[C@@H](c3ccccn3)[C@H]2c2ccc(-c3ccccc3)o2)cc1. The number of nitrogens with one attached hydrogen (secondary N) is 1. The van der Waals surface area contributed by atoms with E-state index >= 15 is 0 Å². The van der Waals surface area contributed by atoms with Gasteiger partial charge in [0.15, 0.2) is 5.11 Å². The summed E-state index contributed by atoms with van der Waals surface area (Å²) in [5.74, 6) is 1.68. The van der Waals surface area contributed by atoms with Gasteiger partial charge in [0.1, 0.15) is 17.6 Å². The Morgan fingerprint density at radius 3 is 2.40 bits per heavy atom. The average molecular weight is 412 g/mol. The average Bonchev–Trinajstić information content (AvgIpc) is 3.40. The summed E-state index contributed by atoms with van der Waals surface area (Å²) in [5, 5.41) is 4.13. The van der Waals surface area contributed by atoms with Crippen molar-refractivity contribution in [1.82, 2.24) is 10.3 Å². The third-order valence-corrected chi connectivity index (χ3v) is 5.70. The van der Waals surface area contributed by atoms with Crippen LogP contribution in [-0.2, 0) is 0 Å². The van der Waals surface area contributed by atoms with Gasteiger partial charge in [-0.1, -0.05) is 54.1 Å². The fourth-order valence-electron chi connectivity index (χ4n) is 3.90. The fraction of sp³-hybridized carbons (Fsp3) is 0.120. The predicted octanol–water partition coefficient (Wildman–Crippen LogP) is 5.83. The maximum absolute atomic E-state index is 6.36. The van der Waals surface area contributed by atoms with E-state index in [0.717, 1.165) is 28.5 Å². The summed E-state index contributed by atoms with van der Waals surface area (Å²) in [6, 6.07) is 28.3. The number of nitrogens with zero attached hydrogens (tertiary/aromatic N) is 2. The molecule has 0 amide bonds. The molecule has 30 heavy (non-hydrogen) atoms. The molecule has 1 N–H and O–H groups in total. The van der Waals surface area contributed by atoms with Crippen LogP contribution in [0, 0.1) is 6.92 Å². The van der Waals surface area contributed by atoms with E-state index in [9.17, 15) is 0 Å². The van der Waals surface area contributed by atoms with Crippen molar-refractivity contribution in [3.63, 3.8) is 0 Å². The first-order chi connectivity index (χ1) is 14.7. The fourth-order valence-corrected chi connectivity index (χ4v) is 4.24. The second kappa shape index (κ2) is 7.76. The Kier molecular flexibility index (Phi) is 4.81. The molecule has 2 atom stereocenters. The summed E-state index contributed by atoms with van der Waals surface area (Å²) in [5.41, 5.74) is 4.21. The monoisotopic (exact) mass is 411 g/mol. The molecule has 1 fully saturated rings. The maximum Gasteiger partial charge on any atom is 0.174 e. The van der Waals surface area contributed by atoms with E-state index in [0.29, 0.717) is 5.11 Å². The van der Waals surface area contributed by atoms with Gasteiger partial charge < -0.3 is 14.6 Å². The largest absolute Gasteiger partial charge is 0.459 e. The summed E-state index contributed by atoms with van der Waals surface area (Å²) in [4.78, 5) is 6.71. The van der Waals surface area contributed by atoms with Crippen molar-refractivity contribution in [1.29, 1.82) is 0 Å². The van der Waals surface area contributed by atoms with Gasteiger partial charge in [-0.25, -0.2) is 0 Å². The number of thiocarbonyl (C=S) groups is 1. The summed E-state index contributed by atoms with van der Waals surface area (Å²) >= 11 is 5.76. The molecule has 1 aliphatic heterocycles. The zero-order chi connectivity index (χ0) is 20.5. The molecule has 5 rings (SSSR count). The van der Waals surface area contributed by atoms with Crippen LogP contribution in [0.4, 0.5) is 5.69 Å². The molecule has 5 heteroatoms. The lowest BCUT2D eigenvalue weighted by Crippen LogP contribution is -2.29. The van der Waals surface area contributed by atoms with Crippen molar-refractivity contribution in [3.8, 4) is 11.3 Å². The van der Waals surface area contributed by atoms with Crippen molar-refractivity contribution in [3.05, 3.63) is 108 Å². The topological polar surface area (TPSA) is 41.3 Å². The van der Waals surface area contributed by atoms with Gasteiger partial charge in [0.2, 0.25) is 0 Å². The lowest BCUT2D eigenvalue weighted by Gasteiger charge is -2.26. The number of anilines is 1. The van der Waals surface area contributed by atoms with Gasteiger partial charge in [0, 0.05) is 17.4 Å². The third-order valence-electron chi connectivity index (χ3n) is 5.39. The molecule has 1 aliphatic rings. The molecule has 3 heterocycles. The van der Waals surface area contributed by atoms with Crippen molar-refractivity contribution in [2.75, 3.05) is 4.90 Å². The minimum absolute atomic E-state index is 0.116. The molecule has 2 aromatic heterocycles. The molecule has 0 bridgehead atoms. The first-order valence-corrected chi connectivity index (χ1v) is 10.3. The molecule has 1 saturated heterocycles. The van der Waals surface area contributed by atoms with Crippen molar-refractivity contribution in [2.45, 2.75) is 19.0 Å². The minimum Gasteiger partial charge on any atom is -0.459 e. The van der Waals surface area contributed by atoms with Gasteiger partial charge in [0.25, 0.3) is 0 Å². The highest BCUT2D eigenvalue weighted by atomic mass is 32.1. The lowest BCUT2D eigenvalue weighted by molar-refractivity contribution is 0.439. The van der Waals surface area contributed by atoms with Crippen LogP contribution >= 0.6 is 12.2 Å². The molecule has 4 nitrogen and oxygen atoms in total. The second-order valence-corrected chi connectivity index (χ2v) is 7.79. The standard InChI is InChI=1S/C25H21N3OS/c1-17-10-12-19(13-11-17)28-24(23(27-25(28)30)20-9-5-6-16-26-20)22-15-14-21(29-22)18-7-3-2-4-8-18/h2-16,23-24H,1H3,(H,27,30)/t23-,24+/m0/s1. The quantitative estimate of drug-likeness (QED) is 0.428. The molecule has 148 valence electrons. The van der Waals surface area contributed by atoms with Gasteiger partial charge in [-0.15, -0.1) is 0 Å². The Labute approximate surface area is 181 Å². The van der Waals surface area contributed by atoms with Crippen LogP contribution in [0.3, 0.4) is 0 Å². The molecular weight excluding hydrogens is 390 g/mol. The van der Waals surface area contributed by atoms with E-state index in [-0.39, 0.29) is 12.1 Å². The third kappa shape index (κ3) is 3.37. The number of hydrogen-bond donors (Lipinski definition) is 1. The molecule has 2 aromatic carbocycles. The molecule has 0 saturated carbocycles. The molecule has 0 radical (unpaired) electrons. The number of hydrogen-bond acceptors (Lipinski definition) is 3. The van der Waals surface area contributed by atoms with Crippen molar-refractivity contribution in [2.24, 2.45) is 0 Å². The second-order valence-electron chi connectivity index (χ2n) is 7.40. The van der Waals surface area contributed by atoms with Gasteiger partial charge >= 0.3 is 0 Å². The van der Waals surface area contributed by atoms with Crippen LogP contribution in [0.2, 0.25) is 0 Å². The van der Waals surface area contributed by atoms with Crippen LogP contribution < -0.4 is 10.2 Å². The Morgan fingerprint density at radius 1 is 0.900 bits per heavy atom. The van der Waals surface area contributed by atoms with Crippen LogP contribution in [0.25, 0.3) is 11.3 Å². The van der Waals surface area contributed by atoms with Gasteiger partial charge in [-0.3, -0.25) is 4.98 Å². The molecule has 0 unspecified atom stereocenters. The molecule has 4 aromatic rings. The number of aromatic nitrogens is 1. The van der Waals surface area contributed by atoms with E-state index in [1.54, 1.807) is 0 Å². The normalized spacial score (nSPS) is 18.4. The minimum atomic E-state index is -0.146. The molecule has 0 aliphatic carbocycles. The van der Waals surface area contributed by atoms with Gasteiger partial charge in [-0.2, -0.15) is 0 Å². The van der Waals surface area contributed by atoms with Crippen molar-refractivity contribution >= 4 is 23.0 Å². The summed E-state index contributed by atoms with van der Waals surface area (Å²) in [7, 11) is 0. The smallest absolute Gasteiger partial charge is 0.174 e. The van der Waals surface area contributed by atoms with E-state index in [4.69, 9.17) is 16.6 Å². The van der Waals surface area contributed by atoms with E-state index in [1.165, 1.54) is 5.56 Å². The summed E-state index contributed by atoms with van der Waals surface area (Å²) in [6.07, 6.45) is 1.81. The van der Waals surface area contributed by atoms with Gasteiger partial charge in [-0.05, 0) is 55.5 Å². The zero-order valence-electron chi connectivity index (χ0n) is 16.5. The highest BCUT2D eigenvalue weighted by molar-refractivity contribution is 7.80.